The quantitative estimate of drug-likeness (QED) is 0.698. The number of Topliss-reactive ketones (excluding diaryl/α,β-unsaturated/α-hetero) is 1. The Morgan fingerprint density at radius 1 is 1.43 bits per heavy atom. The summed E-state index contributed by atoms with van der Waals surface area (Å²) < 4.78 is 40.7. The molecule has 2 aromatic heterocycles. The largest absolute Gasteiger partial charge is 0.434 e. The first-order valence-electron chi connectivity index (χ1n) is 5.85. The molecule has 0 saturated carbocycles. The standard InChI is InChI=1S/C13H11F3N4O/c1-8(21)9(7-17)12(13(14,15)16)19-11-4-2-3-10-18-5-6-20(10)11/h2-7H,17H2,1H3. The van der Waals surface area contributed by atoms with Crippen molar-refractivity contribution in [3.8, 4) is 0 Å². The van der Waals surface area contributed by atoms with Gasteiger partial charge in [0.1, 0.15) is 11.5 Å². The van der Waals surface area contributed by atoms with Gasteiger partial charge in [-0.2, -0.15) is 13.2 Å². The van der Waals surface area contributed by atoms with Crippen molar-refractivity contribution in [2.45, 2.75) is 13.1 Å². The van der Waals surface area contributed by atoms with Crippen LogP contribution in [0.2, 0.25) is 0 Å². The number of halogens is 3. The lowest BCUT2D eigenvalue weighted by Crippen LogP contribution is -2.28. The number of aromatic nitrogens is 2. The summed E-state index contributed by atoms with van der Waals surface area (Å²) in [7, 11) is 0. The molecule has 0 aromatic carbocycles. The van der Waals surface area contributed by atoms with Gasteiger partial charge in [-0.1, -0.05) is 6.07 Å². The van der Waals surface area contributed by atoms with Gasteiger partial charge < -0.3 is 5.73 Å². The predicted octanol–water partition coefficient (Wildman–Crippen LogP) is 2.40. The second kappa shape index (κ2) is 5.39. The summed E-state index contributed by atoms with van der Waals surface area (Å²) in [5.74, 6) is -0.815. The molecule has 0 bridgehead atoms. The molecule has 0 spiro atoms. The Labute approximate surface area is 117 Å². The number of pyridine rings is 1. The molecule has 2 N–H and O–H groups in total. The minimum absolute atomic E-state index is 0.00192. The zero-order valence-electron chi connectivity index (χ0n) is 10.9. The van der Waals surface area contributed by atoms with Crippen LogP contribution in [-0.2, 0) is 4.79 Å². The van der Waals surface area contributed by atoms with Crippen molar-refractivity contribution in [1.82, 2.24) is 9.38 Å². The minimum Gasteiger partial charge on any atom is -0.404 e. The number of ketones is 1. The van der Waals surface area contributed by atoms with Crippen LogP contribution in [0.4, 0.5) is 19.0 Å². The van der Waals surface area contributed by atoms with Crippen LogP contribution in [0, 0.1) is 0 Å². The van der Waals surface area contributed by atoms with E-state index >= 15 is 0 Å². The normalized spacial score (nSPS) is 13.7. The molecule has 0 saturated heterocycles. The van der Waals surface area contributed by atoms with E-state index in [4.69, 9.17) is 5.73 Å². The molecule has 0 unspecified atom stereocenters. The van der Waals surface area contributed by atoms with Gasteiger partial charge in [-0.15, -0.1) is 0 Å². The van der Waals surface area contributed by atoms with Crippen LogP contribution in [0.15, 0.2) is 47.4 Å². The molecule has 5 nitrogen and oxygen atoms in total. The van der Waals surface area contributed by atoms with Crippen LogP contribution in [0.3, 0.4) is 0 Å². The number of nitrogens with zero attached hydrogens (tertiary/aromatic N) is 3. The number of hydrogen-bond acceptors (Lipinski definition) is 4. The Kier molecular flexibility index (Phi) is 3.79. The molecular formula is C13H11F3N4O. The maximum atomic E-state index is 13.1. The molecule has 110 valence electrons. The summed E-state index contributed by atoms with van der Waals surface area (Å²) in [6.07, 6.45) is -1.28. The lowest BCUT2D eigenvalue weighted by molar-refractivity contribution is -0.113. The molecule has 0 aliphatic heterocycles. The van der Waals surface area contributed by atoms with Gasteiger partial charge >= 0.3 is 6.18 Å². The maximum absolute atomic E-state index is 13.1. The number of nitrogens with two attached hydrogens (primary N) is 1. The monoisotopic (exact) mass is 296 g/mol. The van der Waals surface area contributed by atoms with E-state index in [1.165, 1.54) is 28.9 Å². The molecule has 2 rings (SSSR count). The number of imidazole rings is 1. The average Bonchev–Trinajstić information content (AvgIpc) is 2.86. The van der Waals surface area contributed by atoms with Crippen LogP contribution in [0.1, 0.15) is 6.92 Å². The number of hydrogen-bond donors (Lipinski definition) is 1. The molecule has 0 amide bonds. The molecule has 8 heteroatoms. The Bertz CT molecular complexity index is 743. The fraction of sp³-hybridized carbons (Fsp3) is 0.154. The van der Waals surface area contributed by atoms with Crippen molar-refractivity contribution < 1.29 is 18.0 Å². The highest BCUT2D eigenvalue weighted by Crippen LogP contribution is 2.26. The number of carbonyl (C=O) groups excluding carboxylic acids is 1. The molecule has 0 radical (unpaired) electrons. The van der Waals surface area contributed by atoms with Crippen molar-refractivity contribution in [1.29, 1.82) is 0 Å². The zero-order chi connectivity index (χ0) is 15.6. The molecule has 0 aliphatic rings. The molecule has 21 heavy (non-hydrogen) atoms. The first-order valence-corrected chi connectivity index (χ1v) is 5.85. The molecule has 2 heterocycles. The number of carbonyl (C=O) groups is 1. The SMILES string of the molecule is CC(=O)C(=CN)C(=Nc1cccc2nccn12)C(F)(F)F. The van der Waals surface area contributed by atoms with Crippen molar-refractivity contribution in [3.05, 3.63) is 42.4 Å². The second-order valence-corrected chi connectivity index (χ2v) is 4.13. The van der Waals surface area contributed by atoms with Crippen LogP contribution >= 0.6 is 0 Å². The first kappa shape index (κ1) is 14.8. The van der Waals surface area contributed by atoms with Crippen molar-refractivity contribution in [2.75, 3.05) is 0 Å². The van der Waals surface area contributed by atoms with Gasteiger partial charge in [0.25, 0.3) is 0 Å². The summed E-state index contributed by atoms with van der Waals surface area (Å²) in [6, 6.07) is 4.53. The van der Waals surface area contributed by atoms with Gasteiger partial charge in [-0.25, -0.2) is 9.98 Å². The van der Waals surface area contributed by atoms with Gasteiger partial charge in [0, 0.05) is 18.6 Å². The summed E-state index contributed by atoms with van der Waals surface area (Å²) in [5.41, 5.74) is 3.56. The molecule has 0 fully saturated rings. The van der Waals surface area contributed by atoms with Crippen LogP contribution < -0.4 is 5.73 Å². The predicted molar refractivity (Wildman–Crippen MR) is 71.3 cm³/mol. The van der Waals surface area contributed by atoms with Gasteiger partial charge in [0.2, 0.25) is 0 Å². The van der Waals surface area contributed by atoms with Gasteiger partial charge in [0.15, 0.2) is 11.5 Å². The smallest absolute Gasteiger partial charge is 0.404 e. The highest BCUT2D eigenvalue weighted by molar-refractivity contribution is 6.24. The zero-order valence-corrected chi connectivity index (χ0v) is 10.9. The number of aliphatic imine (C=N–C) groups is 1. The lowest BCUT2D eigenvalue weighted by atomic mass is 10.1. The third-order valence-corrected chi connectivity index (χ3v) is 2.70. The third kappa shape index (κ3) is 2.93. The van der Waals surface area contributed by atoms with Gasteiger partial charge in [-0.05, 0) is 19.1 Å². The number of fused-ring (bicyclic) bond motifs is 1. The van der Waals surface area contributed by atoms with E-state index in [1.54, 1.807) is 6.07 Å². The van der Waals surface area contributed by atoms with Gasteiger partial charge in [0.05, 0.1) is 5.57 Å². The topological polar surface area (TPSA) is 72.8 Å². The summed E-state index contributed by atoms with van der Waals surface area (Å²) in [4.78, 5) is 18.8. The van der Waals surface area contributed by atoms with Gasteiger partial charge in [-0.3, -0.25) is 9.20 Å². The van der Waals surface area contributed by atoms with E-state index in [-0.39, 0.29) is 5.82 Å². The highest BCUT2D eigenvalue weighted by atomic mass is 19.4. The average molecular weight is 296 g/mol. The lowest BCUT2D eigenvalue weighted by Gasteiger charge is -2.12. The summed E-state index contributed by atoms with van der Waals surface area (Å²) in [6.45, 7) is 0.998. The van der Waals surface area contributed by atoms with Crippen LogP contribution in [0.25, 0.3) is 5.65 Å². The van der Waals surface area contributed by atoms with E-state index in [1.807, 2.05) is 0 Å². The van der Waals surface area contributed by atoms with E-state index in [9.17, 15) is 18.0 Å². The summed E-state index contributed by atoms with van der Waals surface area (Å²) >= 11 is 0. The van der Waals surface area contributed by atoms with Crippen LogP contribution in [0.5, 0.6) is 0 Å². The van der Waals surface area contributed by atoms with Crippen molar-refractivity contribution in [2.24, 2.45) is 10.7 Å². The number of allylic oxidation sites excluding steroid dienone is 1. The molecular weight excluding hydrogens is 285 g/mol. The highest BCUT2D eigenvalue weighted by Gasteiger charge is 2.39. The van der Waals surface area contributed by atoms with Crippen molar-refractivity contribution in [3.63, 3.8) is 0 Å². The van der Waals surface area contributed by atoms with E-state index in [0.29, 0.717) is 11.8 Å². The molecule has 0 atom stereocenters. The molecule has 0 aliphatic carbocycles. The minimum atomic E-state index is -4.81. The Morgan fingerprint density at radius 3 is 2.71 bits per heavy atom. The first-order chi connectivity index (χ1) is 9.84. The number of alkyl halides is 3. The molecule has 2 aromatic rings. The second-order valence-electron chi connectivity index (χ2n) is 4.13. The van der Waals surface area contributed by atoms with E-state index in [2.05, 4.69) is 9.98 Å². The fourth-order valence-corrected chi connectivity index (χ4v) is 1.78. The fourth-order valence-electron chi connectivity index (χ4n) is 1.78. The Balaban J connectivity index is 2.66. The Morgan fingerprint density at radius 2 is 2.14 bits per heavy atom. The van der Waals surface area contributed by atoms with E-state index < -0.39 is 23.2 Å². The maximum Gasteiger partial charge on any atom is 0.434 e. The number of rotatable bonds is 3. The Hall–Kier alpha value is -2.64. The third-order valence-electron chi connectivity index (χ3n) is 2.70. The van der Waals surface area contributed by atoms with Crippen molar-refractivity contribution >= 4 is 23.0 Å². The van der Waals surface area contributed by atoms with Crippen LogP contribution in [-0.4, -0.2) is 27.1 Å². The summed E-state index contributed by atoms with van der Waals surface area (Å²) in [5, 5.41) is 0. The van der Waals surface area contributed by atoms with E-state index in [0.717, 1.165) is 6.92 Å².